The van der Waals surface area contributed by atoms with Gasteiger partial charge in [-0.15, -0.1) is 0 Å². The Morgan fingerprint density at radius 3 is 2.24 bits per heavy atom. The summed E-state index contributed by atoms with van der Waals surface area (Å²) in [5.41, 5.74) is 0.690. The van der Waals surface area contributed by atoms with Gasteiger partial charge in [0.15, 0.2) is 18.0 Å². The maximum absolute atomic E-state index is 11.6. The van der Waals surface area contributed by atoms with E-state index in [0.29, 0.717) is 6.61 Å². The highest BCUT2D eigenvalue weighted by atomic mass is 16.7. The summed E-state index contributed by atoms with van der Waals surface area (Å²) in [6, 6.07) is 19.3. The summed E-state index contributed by atoms with van der Waals surface area (Å²) in [6.07, 6.45) is -1.58. The van der Waals surface area contributed by atoms with Crippen molar-refractivity contribution in [2.75, 3.05) is 6.61 Å². The summed E-state index contributed by atoms with van der Waals surface area (Å²) in [7, 11) is 0. The van der Waals surface area contributed by atoms with E-state index < -0.39 is 30.1 Å². The minimum absolute atomic E-state index is 0.129. The molecule has 4 atom stereocenters. The quantitative estimate of drug-likeness (QED) is 0.517. The number of carbonyl (C=O) groups is 1. The van der Waals surface area contributed by atoms with Gasteiger partial charge in [0.25, 0.3) is 0 Å². The first-order valence-electron chi connectivity index (χ1n) is 9.49. The van der Waals surface area contributed by atoms with E-state index in [0.717, 1.165) is 11.1 Å². The van der Waals surface area contributed by atoms with E-state index in [-0.39, 0.29) is 13.2 Å². The van der Waals surface area contributed by atoms with Gasteiger partial charge in [-0.3, -0.25) is 4.79 Å². The van der Waals surface area contributed by atoms with Crippen molar-refractivity contribution in [3.63, 3.8) is 0 Å². The van der Waals surface area contributed by atoms with E-state index in [1.165, 1.54) is 13.0 Å². The van der Waals surface area contributed by atoms with Gasteiger partial charge in [0.05, 0.1) is 19.8 Å². The molecule has 6 nitrogen and oxygen atoms in total. The Bertz CT molecular complexity index is 794. The monoisotopic (exact) mass is 398 g/mol. The number of rotatable bonds is 9. The van der Waals surface area contributed by atoms with Gasteiger partial charge < -0.3 is 24.1 Å². The summed E-state index contributed by atoms with van der Waals surface area (Å²) in [5.74, 6) is -0.543. The minimum atomic E-state index is -1.35. The first-order valence-corrected chi connectivity index (χ1v) is 9.49. The van der Waals surface area contributed by atoms with Gasteiger partial charge in [0.1, 0.15) is 6.10 Å². The van der Waals surface area contributed by atoms with Gasteiger partial charge in [-0.05, 0) is 11.1 Å². The van der Waals surface area contributed by atoms with E-state index in [1.807, 2.05) is 60.7 Å². The highest BCUT2D eigenvalue weighted by Gasteiger charge is 2.58. The molecule has 154 valence electrons. The van der Waals surface area contributed by atoms with Crippen LogP contribution in [0, 0.1) is 0 Å². The van der Waals surface area contributed by atoms with E-state index in [4.69, 9.17) is 18.9 Å². The molecule has 3 rings (SSSR count). The fourth-order valence-corrected chi connectivity index (χ4v) is 3.37. The number of hydrogen-bond donors (Lipinski definition) is 1. The van der Waals surface area contributed by atoms with Crippen molar-refractivity contribution < 1.29 is 28.8 Å². The predicted molar refractivity (Wildman–Crippen MR) is 107 cm³/mol. The Balaban J connectivity index is 1.75. The SMILES string of the molecule is C=C[C@@]1(OCc2ccccc2)[C@H](COCc2ccccc2)OC(O)[C@@H]1OC(C)=O. The van der Waals surface area contributed by atoms with Crippen LogP contribution in [0.15, 0.2) is 73.3 Å². The zero-order valence-corrected chi connectivity index (χ0v) is 16.4. The van der Waals surface area contributed by atoms with Crippen LogP contribution in [-0.2, 0) is 37.0 Å². The van der Waals surface area contributed by atoms with Crippen molar-refractivity contribution in [2.45, 2.75) is 44.2 Å². The number of benzene rings is 2. The largest absolute Gasteiger partial charge is 0.454 e. The summed E-state index contributed by atoms with van der Waals surface area (Å²) in [4.78, 5) is 11.6. The fraction of sp³-hybridized carbons (Fsp3) is 0.348. The molecule has 29 heavy (non-hydrogen) atoms. The minimum Gasteiger partial charge on any atom is -0.454 e. The van der Waals surface area contributed by atoms with E-state index in [1.54, 1.807) is 0 Å². The Kier molecular flexibility index (Phi) is 7.17. The summed E-state index contributed by atoms with van der Waals surface area (Å²) in [5, 5.41) is 10.4. The number of carbonyl (C=O) groups excluding carboxylic acids is 1. The molecule has 0 saturated carbocycles. The van der Waals surface area contributed by atoms with Gasteiger partial charge in [0.2, 0.25) is 0 Å². The third-order valence-corrected chi connectivity index (χ3v) is 4.84. The van der Waals surface area contributed by atoms with Crippen molar-refractivity contribution >= 4 is 5.97 Å². The molecule has 0 amide bonds. The maximum atomic E-state index is 11.6. The van der Waals surface area contributed by atoms with Crippen molar-refractivity contribution in [1.29, 1.82) is 0 Å². The molecule has 2 aromatic rings. The first kappa shape index (κ1) is 21.2. The lowest BCUT2D eigenvalue weighted by atomic mass is 9.92. The summed E-state index contributed by atoms with van der Waals surface area (Å²) >= 11 is 0. The molecule has 6 heteroatoms. The molecule has 0 aromatic heterocycles. The van der Waals surface area contributed by atoms with Crippen LogP contribution in [-0.4, -0.2) is 41.8 Å². The molecule has 0 aliphatic carbocycles. The Labute approximate surface area is 170 Å². The van der Waals surface area contributed by atoms with Gasteiger partial charge >= 0.3 is 5.97 Å². The molecule has 1 aliphatic rings. The average Bonchev–Trinajstić information content (AvgIpc) is 2.99. The smallest absolute Gasteiger partial charge is 0.303 e. The molecule has 0 spiro atoms. The predicted octanol–water partition coefficient (Wildman–Crippen LogP) is 2.99. The van der Waals surface area contributed by atoms with Crippen LogP contribution < -0.4 is 0 Å². The van der Waals surface area contributed by atoms with Crippen LogP contribution in [0.25, 0.3) is 0 Å². The molecule has 0 bridgehead atoms. The highest BCUT2D eigenvalue weighted by molar-refractivity contribution is 5.66. The van der Waals surface area contributed by atoms with Crippen LogP contribution in [0.5, 0.6) is 0 Å². The Morgan fingerprint density at radius 1 is 1.10 bits per heavy atom. The van der Waals surface area contributed by atoms with Crippen molar-refractivity contribution in [2.24, 2.45) is 0 Å². The van der Waals surface area contributed by atoms with Gasteiger partial charge in [-0.1, -0.05) is 73.3 Å². The molecular formula is C23H26O6. The molecule has 1 N–H and O–H groups in total. The molecular weight excluding hydrogens is 372 g/mol. The molecule has 1 heterocycles. The normalized spacial score (nSPS) is 26.2. The van der Waals surface area contributed by atoms with Crippen LogP contribution in [0.1, 0.15) is 18.1 Å². The second kappa shape index (κ2) is 9.80. The van der Waals surface area contributed by atoms with Crippen LogP contribution in [0.3, 0.4) is 0 Å². The van der Waals surface area contributed by atoms with Gasteiger partial charge in [-0.25, -0.2) is 0 Å². The standard InChI is InChI=1S/C23H26O6/c1-3-23(27-15-19-12-8-5-9-13-19)20(29-22(25)21(23)28-17(2)24)16-26-14-18-10-6-4-7-11-18/h3-13,20-22,25H,1,14-16H2,2H3/t20-,21-,22?,23+/m0/s1. The number of esters is 1. The first-order chi connectivity index (χ1) is 14.0. The third-order valence-electron chi connectivity index (χ3n) is 4.84. The molecule has 1 saturated heterocycles. The molecule has 1 unspecified atom stereocenters. The average molecular weight is 398 g/mol. The lowest BCUT2D eigenvalue weighted by Crippen LogP contribution is -2.52. The van der Waals surface area contributed by atoms with Crippen LogP contribution >= 0.6 is 0 Å². The van der Waals surface area contributed by atoms with Crippen molar-refractivity contribution in [3.8, 4) is 0 Å². The van der Waals surface area contributed by atoms with E-state index >= 15 is 0 Å². The number of hydrogen-bond acceptors (Lipinski definition) is 6. The Morgan fingerprint density at radius 2 is 1.69 bits per heavy atom. The number of aliphatic hydroxyl groups is 1. The molecule has 1 fully saturated rings. The second-order valence-corrected chi connectivity index (χ2v) is 6.88. The van der Waals surface area contributed by atoms with Crippen LogP contribution in [0.2, 0.25) is 0 Å². The zero-order valence-electron chi connectivity index (χ0n) is 16.4. The molecule has 1 aliphatic heterocycles. The van der Waals surface area contributed by atoms with Crippen molar-refractivity contribution in [1.82, 2.24) is 0 Å². The summed E-state index contributed by atoms with van der Waals surface area (Å²) in [6.45, 7) is 5.88. The van der Waals surface area contributed by atoms with Gasteiger partial charge in [0, 0.05) is 6.92 Å². The van der Waals surface area contributed by atoms with E-state index in [9.17, 15) is 9.90 Å². The second-order valence-electron chi connectivity index (χ2n) is 6.88. The highest BCUT2D eigenvalue weighted by Crippen LogP contribution is 2.38. The topological polar surface area (TPSA) is 74.2 Å². The van der Waals surface area contributed by atoms with Gasteiger partial charge in [-0.2, -0.15) is 0 Å². The number of ether oxygens (including phenoxy) is 4. The lowest BCUT2D eigenvalue weighted by Gasteiger charge is -2.34. The van der Waals surface area contributed by atoms with Crippen molar-refractivity contribution in [3.05, 3.63) is 84.4 Å². The van der Waals surface area contributed by atoms with E-state index in [2.05, 4.69) is 6.58 Å². The Hall–Kier alpha value is -2.51. The number of aliphatic hydroxyl groups excluding tert-OH is 1. The zero-order chi connectivity index (χ0) is 20.7. The van der Waals surface area contributed by atoms with Crippen LogP contribution in [0.4, 0.5) is 0 Å². The molecule has 2 aromatic carbocycles. The lowest BCUT2D eigenvalue weighted by molar-refractivity contribution is -0.177. The third kappa shape index (κ3) is 5.10. The summed E-state index contributed by atoms with van der Waals surface area (Å²) < 4.78 is 23.0. The maximum Gasteiger partial charge on any atom is 0.303 e. The fourth-order valence-electron chi connectivity index (χ4n) is 3.37. The molecule has 0 radical (unpaired) electrons.